The zero-order valence-electron chi connectivity index (χ0n) is 24.2. The first-order valence-electron chi connectivity index (χ1n) is 14.8. The lowest BCUT2D eigenvalue weighted by Gasteiger charge is -2.34. The summed E-state index contributed by atoms with van der Waals surface area (Å²) in [5, 5.41) is 20.6. The van der Waals surface area contributed by atoms with Crippen LogP contribution in [0.1, 0.15) is 79.1 Å². The standard InChI is InChI=1S/C32H40N6O2S/c1-32(2,3)24-8-9-26-22(16-24)17-28-30(36-26)41-31(37-28)29(40)35-27(12-15-38-13-10-25(39)11-14-38)21-6-4-20(5-7-21)23-18-33-34-19-23/h4-7,17-19,24-25,27,39H,8-16H2,1-3H3,(H,33,34)(H,35,40)/t24-,27+/m0/s1. The zero-order valence-corrected chi connectivity index (χ0v) is 25.0. The molecule has 1 aromatic carbocycles. The van der Waals surface area contributed by atoms with Crippen molar-refractivity contribution < 1.29 is 9.90 Å². The van der Waals surface area contributed by atoms with Crippen molar-refractivity contribution in [3.05, 3.63) is 64.6 Å². The van der Waals surface area contributed by atoms with E-state index in [1.165, 1.54) is 16.9 Å². The third kappa shape index (κ3) is 6.37. The van der Waals surface area contributed by atoms with E-state index in [0.717, 1.165) is 90.9 Å². The number of pyridine rings is 1. The highest BCUT2D eigenvalue weighted by atomic mass is 32.1. The van der Waals surface area contributed by atoms with Gasteiger partial charge in [-0.1, -0.05) is 56.4 Å². The lowest BCUT2D eigenvalue weighted by Crippen LogP contribution is -2.38. The smallest absolute Gasteiger partial charge is 0.280 e. The van der Waals surface area contributed by atoms with Gasteiger partial charge in [-0.05, 0) is 72.6 Å². The molecular weight excluding hydrogens is 532 g/mol. The first-order valence-corrected chi connectivity index (χ1v) is 15.6. The number of likely N-dealkylation sites (tertiary alicyclic amines) is 1. The van der Waals surface area contributed by atoms with Crippen LogP contribution in [0.5, 0.6) is 0 Å². The van der Waals surface area contributed by atoms with E-state index in [1.54, 1.807) is 6.20 Å². The van der Waals surface area contributed by atoms with Gasteiger partial charge in [0.25, 0.3) is 5.91 Å². The largest absolute Gasteiger partial charge is 0.393 e. The summed E-state index contributed by atoms with van der Waals surface area (Å²) in [5.74, 6) is 0.469. The minimum absolute atomic E-state index is 0.156. The Morgan fingerprint density at radius 2 is 1.93 bits per heavy atom. The normalized spacial score (nSPS) is 19.3. The van der Waals surface area contributed by atoms with Gasteiger partial charge in [-0.3, -0.25) is 9.89 Å². The molecule has 216 valence electrons. The Morgan fingerprint density at radius 1 is 1.15 bits per heavy atom. The Morgan fingerprint density at radius 3 is 2.63 bits per heavy atom. The lowest BCUT2D eigenvalue weighted by molar-refractivity contribution is 0.0795. The molecule has 3 N–H and O–H groups in total. The van der Waals surface area contributed by atoms with Gasteiger partial charge in [0.2, 0.25) is 0 Å². The molecule has 8 nitrogen and oxygen atoms in total. The molecule has 1 aliphatic carbocycles. The molecule has 4 heterocycles. The first kappa shape index (κ1) is 28.0. The number of carbonyl (C=O) groups is 1. The lowest BCUT2D eigenvalue weighted by atomic mass is 9.71. The second-order valence-corrected chi connectivity index (χ2v) is 13.7. The number of aliphatic hydroxyl groups is 1. The maximum absolute atomic E-state index is 13.6. The van der Waals surface area contributed by atoms with Crippen molar-refractivity contribution in [1.29, 1.82) is 0 Å². The Hall–Kier alpha value is -3.14. The van der Waals surface area contributed by atoms with Crippen molar-refractivity contribution in [2.75, 3.05) is 19.6 Å². The van der Waals surface area contributed by atoms with Crippen LogP contribution in [0.15, 0.2) is 42.7 Å². The van der Waals surface area contributed by atoms with Crippen molar-refractivity contribution in [3.63, 3.8) is 0 Å². The van der Waals surface area contributed by atoms with Crippen LogP contribution in [-0.4, -0.2) is 61.8 Å². The molecule has 4 aromatic rings. The fourth-order valence-electron chi connectivity index (χ4n) is 6.16. The van der Waals surface area contributed by atoms with E-state index in [4.69, 9.17) is 9.97 Å². The number of aromatic nitrogens is 4. The average Bonchev–Trinajstić information content (AvgIpc) is 3.64. The van der Waals surface area contributed by atoms with E-state index >= 15 is 0 Å². The SMILES string of the molecule is CC(C)(C)[C@H]1CCc2nc3sc(C(=O)N[C@H](CCN4CCC(O)CC4)c4ccc(-c5cn[nH]c5)cc4)nc3cc2C1. The fraction of sp³-hybridized carbons (Fsp3) is 0.500. The van der Waals surface area contributed by atoms with Crippen molar-refractivity contribution in [2.24, 2.45) is 11.3 Å². The molecule has 0 radical (unpaired) electrons. The summed E-state index contributed by atoms with van der Waals surface area (Å²) < 4.78 is 0. The maximum atomic E-state index is 13.6. The minimum atomic E-state index is -0.199. The Labute approximate surface area is 245 Å². The highest BCUT2D eigenvalue weighted by Crippen LogP contribution is 2.38. The number of fused-ring (bicyclic) bond motifs is 2. The fourth-order valence-corrected chi connectivity index (χ4v) is 7.01. The predicted octanol–water partition coefficient (Wildman–Crippen LogP) is 5.55. The molecule has 1 fully saturated rings. The van der Waals surface area contributed by atoms with Crippen LogP contribution in [0.2, 0.25) is 0 Å². The van der Waals surface area contributed by atoms with Crippen LogP contribution >= 0.6 is 11.3 Å². The third-order valence-electron chi connectivity index (χ3n) is 8.91. The van der Waals surface area contributed by atoms with Crippen LogP contribution in [0, 0.1) is 11.3 Å². The summed E-state index contributed by atoms with van der Waals surface area (Å²) in [5.41, 5.74) is 6.69. The molecule has 6 rings (SSSR count). The van der Waals surface area contributed by atoms with Crippen LogP contribution < -0.4 is 5.32 Å². The van der Waals surface area contributed by atoms with Gasteiger partial charge in [-0.15, -0.1) is 0 Å². The number of aryl methyl sites for hydroxylation is 1. The zero-order chi connectivity index (χ0) is 28.6. The van der Waals surface area contributed by atoms with Gasteiger partial charge in [0, 0.05) is 37.1 Å². The molecule has 1 saturated heterocycles. The van der Waals surface area contributed by atoms with Crippen molar-refractivity contribution in [2.45, 2.75) is 71.4 Å². The number of hydrogen-bond donors (Lipinski definition) is 3. The molecule has 0 saturated carbocycles. The van der Waals surface area contributed by atoms with Crippen LogP contribution in [0.25, 0.3) is 21.5 Å². The summed E-state index contributed by atoms with van der Waals surface area (Å²) in [6, 6.07) is 10.3. The average molecular weight is 573 g/mol. The number of aromatic amines is 1. The molecule has 2 atom stereocenters. The maximum Gasteiger partial charge on any atom is 0.280 e. The Bertz CT molecular complexity index is 1480. The summed E-state index contributed by atoms with van der Waals surface area (Å²) >= 11 is 1.39. The van der Waals surface area contributed by atoms with Gasteiger partial charge in [0.15, 0.2) is 5.01 Å². The summed E-state index contributed by atoms with van der Waals surface area (Å²) in [4.78, 5) is 26.5. The number of benzene rings is 1. The van der Waals surface area contributed by atoms with Crippen LogP contribution in [0.3, 0.4) is 0 Å². The number of aliphatic hydroxyl groups excluding tert-OH is 1. The molecule has 9 heteroatoms. The monoisotopic (exact) mass is 572 g/mol. The number of amides is 1. The molecule has 1 aliphatic heterocycles. The highest BCUT2D eigenvalue weighted by Gasteiger charge is 2.30. The van der Waals surface area contributed by atoms with E-state index in [-0.39, 0.29) is 23.5 Å². The number of piperidine rings is 1. The number of nitrogens with zero attached hydrogens (tertiary/aromatic N) is 4. The number of rotatable bonds is 7. The molecule has 0 spiro atoms. The summed E-state index contributed by atoms with van der Waals surface area (Å²) in [6.45, 7) is 9.56. The second kappa shape index (κ2) is 11.6. The molecule has 0 unspecified atom stereocenters. The van der Waals surface area contributed by atoms with E-state index in [9.17, 15) is 9.90 Å². The van der Waals surface area contributed by atoms with Gasteiger partial charge in [-0.2, -0.15) is 5.10 Å². The van der Waals surface area contributed by atoms with Crippen molar-refractivity contribution in [1.82, 2.24) is 30.4 Å². The van der Waals surface area contributed by atoms with E-state index in [0.29, 0.717) is 10.9 Å². The van der Waals surface area contributed by atoms with E-state index in [2.05, 4.69) is 71.5 Å². The third-order valence-corrected chi connectivity index (χ3v) is 9.87. The van der Waals surface area contributed by atoms with Crippen LogP contribution in [0.4, 0.5) is 0 Å². The highest BCUT2D eigenvalue weighted by molar-refractivity contribution is 7.19. The van der Waals surface area contributed by atoms with Crippen molar-refractivity contribution >= 4 is 27.6 Å². The molecule has 1 amide bonds. The molecule has 2 aliphatic rings. The second-order valence-electron chi connectivity index (χ2n) is 12.7. The quantitative estimate of drug-likeness (QED) is 0.268. The molecule has 41 heavy (non-hydrogen) atoms. The van der Waals surface area contributed by atoms with Crippen molar-refractivity contribution in [3.8, 4) is 11.1 Å². The van der Waals surface area contributed by atoms with Gasteiger partial charge < -0.3 is 15.3 Å². The van der Waals surface area contributed by atoms with Crippen LogP contribution in [-0.2, 0) is 12.8 Å². The molecule has 3 aromatic heterocycles. The Balaban J connectivity index is 1.21. The molecular formula is C32H40N6O2S. The van der Waals surface area contributed by atoms with E-state index < -0.39 is 0 Å². The molecule has 0 bridgehead atoms. The number of H-pyrrole nitrogens is 1. The number of carbonyl (C=O) groups excluding carboxylic acids is 1. The van der Waals surface area contributed by atoms with Gasteiger partial charge >= 0.3 is 0 Å². The van der Waals surface area contributed by atoms with E-state index in [1.807, 2.05) is 6.20 Å². The van der Waals surface area contributed by atoms with Gasteiger partial charge in [0.05, 0.1) is 18.3 Å². The first-order chi connectivity index (χ1) is 19.7. The summed E-state index contributed by atoms with van der Waals surface area (Å²) in [6.07, 6.45) is 9.02. The number of nitrogens with one attached hydrogen (secondary N) is 2. The number of thiazole rings is 1. The van der Waals surface area contributed by atoms with Gasteiger partial charge in [-0.25, -0.2) is 9.97 Å². The topological polar surface area (TPSA) is 107 Å². The Kier molecular flexibility index (Phi) is 7.94. The summed E-state index contributed by atoms with van der Waals surface area (Å²) in [7, 11) is 0. The number of hydrogen-bond acceptors (Lipinski definition) is 7. The predicted molar refractivity (Wildman–Crippen MR) is 163 cm³/mol. The minimum Gasteiger partial charge on any atom is -0.393 e. The van der Waals surface area contributed by atoms with Gasteiger partial charge in [0.1, 0.15) is 10.3 Å².